The maximum Gasteiger partial charge on any atom is 0.258 e. The van der Waals surface area contributed by atoms with Crippen LogP contribution in [0.1, 0.15) is 32.9 Å². The highest BCUT2D eigenvalue weighted by molar-refractivity contribution is 8.03. The van der Waals surface area contributed by atoms with Gasteiger partial charge in [-0.3, -0.25) is 4.79 Å². The van der Waals surface area contributed by atoms with Crippen molar-refractivity contribution in [3.63, 3.8) is 0 Å². The average molecular weight is 314 g/mol. The van der Waals surface area contributed by atoms with Crippen LogP contribution >= 0.6 is 11.8 Å². The predicted molar refractivity (Wildman–Crippen MR) is 88.6 cm³/mol. The second kappa shape index (κ2) is 6.01. The highest BCUT2D eigenvalue weighted by Gasteiger charge is 2.25. The number of benzene rings is 1. The molecule has 0 bridgehead atoms. The molecule has 1 aliphatic heterocycles. The number of nitrogens with zero attached hydrogens (tertiary/aromatic N) is 2. The lowest BCUT2D eigenvalue weighted by atomic mass is 10.1. The molecule has 0 spiro atoms. The molecule has 2 heterocycles. The van der Waals surface area contributed by atoms with Crippen molar-refractivity contribution in [1.82, 2.24) is 10.1 Å². The Bertz CT molecular complexity index is 712. The van der Waals surface area contributed by atoms with Crippen LogP contribution < -0.4 is 0 Å². The summed E-state index contributed by atoms with van der Waals surface area (Å²) < 4.78 is 5.19. The first-order valence-corrected chi connectivity index (χ1v) is 8.20. The molecule has 0 unspecified atom stereocenters. The lowest BCUT2D eigenvalue weighted by molar-refractivity contribution is 0.0831. The van der Waals surface area contributed by atoms with E-state index in [0.717, 1.165) is 45.5 Å². The molecule has 0 atom stereocenters. The van der Waals surface area contributed by atoms with Gasteiger partial charge in [0.25, 0.3) is 5.91 Å². The molecule has 0 radical (unpaired) electrons. The first kappa shape index (κ1) is 14.9. The summed E-state index contributed by atoms with van der Waals surface area (Å²) >= 11 is 1.69. The standard InChI is InChI=1S/C17H18N2O2S/c1-11-4-6-14(7-5-11)17(20)19-8-9-22-16(19)10-15-12(2)18-21-13(15)3/h4-7,10H,8-9H2,1-3H3/b16-10+. The minimum Gasteiger partial charge on any atom is -0.361 e. The SMILES string of the molecule is Cc1ccc(C(=O)N2CCS/C2=C/c2c(C)noc2C)cc1. The average Bonchev–Trinajstić information content (AvgIpc) is 3.09. The van der Waals surface area contributed by atoms with E-state index in [1.165, 1.54) is 0 Å². The molecular weight excluding hydrogens is 296 g/mol. The van der Waals surface area contributed by atoms with E-state index in [0.29, 0.717) is 0 Å². The van der Waals surface area contributed by atoms with Gasteiger partial charge in [-0.05, 0) is 39.0 Å². The van der Waals surface area contributed by atoms with Crippen molar-refractivity contribution >= 4 is 23.7 Å². The van der Waals surface area contributed by atoms with Crippen molar-refractivity contribution in [2.45, 2.75) is 20.8 Å². The molecule has 5 heteroatoms. The highest BCUT2D eigenvalue weighted by atomic mass is 32.2. The van der Waals surface area contributed by atoms with Crippen molar-refractivity contribution in [1.29, 1.82) is 0 Å². The zero-order chi connectivity index (χ0) is 15.7. The van der Waals surface area contributed by atoms with E-state index in [1.54, 1.807) is 11.8 Å². The molecule has 0 aliphatic carbocycles. The Balaban J connectivity index is 1.90. The molecule has 1 saturated heterocycles. The van der Waals surface area contributed by atoms with Crippen LogP contribution in [0.3, 0.4) is 0 Å². The monoisotopic (exact) mass is 314 g/mol. The second-order valence-corrected chi connectivity index (χ2v) is 6.51. The van der Waals surface area contributed by atoms with Crippen LogP contribution in [-0.2, 0) is 0 Å². The van der Waals surface area contributed by atoms with E-state index in [4.69, 9.17) is 4.52 Å². The van der Waals surface area contributed by atoms with E-state index in [-0.39, 0.29) is 5.91 Å². The van der Waals surface area contributed by atoms with E-state index in [1.807, 2.05) is 56.0 Å². The van der Waals surface area contributed by atoms with Crippen LogP contribution in [0.25, 0.3) is 6.08 Å². The normalized spacial score (nSPS) is 16.5. The molecule has 2 aromatic rings. The van der Waals surface area contributed by atoms with Crippen LogP contribution in [0, 0.1) is 20.8 Å². The number of hydrogen-bond donors (Lipinski definition) is 0. The number of aromatic nitrogens is 1. The third-order valence-electron chi connectivity index (χ3n) is 3.73. The fourth-order valence-electron chi connectivity index (χ4n) is 2.42. The summed E-state index contributed by atoms with van der Waals surface area (Å²) in [7, 11) is 0. The summed E-state index contributed by atoms with van der Waals surface area (Å²) in [6.45, 7) is 6.54. The molecule has 22 heavy (non-hydrogen) atoms. The summed E-state index contributed by atoms with van der Waals surface area (Å²) in [5.41, 5.74) is 3.68. The Morgan fingerprint density at radius 3 is 2.64 bits per heavy atom. The van der Waals surface area contributed by atoms with Crippen molar-refractivity contribution < 1.29 is 9.32 Å². The van der Waals surface area contributed by atoms with E-state index < -0.39 is 0 Å². The van der Waals surface area contributed by atoms with Gasteiger partial charge in [0.05, 0.1) is 10.7 Å². The van der Waals surface area contributed by atoms with Crippen LogP contribution in [0.5, 0.6) is 0 Å². The largest absolute Gasteiger partial charge is 0.361 e. The number of carbonyl (C=O) groups is 1. The number of rotatable bonds is 2. The summed E-state index contributed by atoms with van der Waals surface area (Å²) in [5.74, 6) is 1.73. The first-order chi connectivity index (χ1) is 10.6. The quantitative estimate of drug-likeness (QED) is 0.846. The number of carbonyl (C=O) groups excluding carboxylic acids is 1. The van der Waals surface area contributed by atoms with Gasteiger partial charge in [0.2, 0.25) is 0 Å². The minimum absolute atomic E-state index is 0.0445. The van der Waals surface area contributed by atoms with Gasteiger partial charge in [0.15, 0.2) is 0 Å². The van der Waals surface area contributed by atoms with Crippen molar-refractivity contribution in [3.05, 3.63) is 57.4 Å². The third-order valence-corrected chi connectivity index (χ3v) is 4.75. The van der Waals surface area contributed by atoms with Gasteiger partial charge in [-0.1, -0.05) is 22.9 Å². The lowest BCUT2D eigenvalue weighted by Gasteiger charge is -2.17. The Morgan fingerprint density at radius 2 is 2.00 bits per heavy atom. The lowest BCUT2D eigenvalue weighted by Crippen LogP contribution is -2.26. The molecule has 1 aromatic carbocycles. The van der Waals surface area contributed by atoms with Gasteiger partial charge >= 0.3 is 0 Å². The predicted octanol–water partition coefficient (Wildman–Crippen LogP) is 3.79. The molecule has 0 saturated carbocycles. The van der Waals surface area contributed by atoms with Crippen LogP contribution in [0.2, 0.25) is 0 Å². The van der Waals surface area contributed by atoms with Gasteiger partial charge in [-0.25, -0.2) is 0 Å². The zero-order valence-corrected chi connectivity index (χ0v) is 13.7. The smallest absolute Gasteiger partial charge is 0.258 e. The Morgan fingerprint density at radius 1 is 1.27 bits per heavy atom. The first-order valence-electron chi connectivity index (χ1n) is 7.22. The molecule has 0 N–H and O–H groups in total. The molecule has 4 nitrogen and oxygen atoms in total. The Kier molecular flexibility index (Phi) is 4.07. The van der Waals surface area contributed by atoms with Gasteiger partial charge in [0.1, 0.15) is 5.76 Å². The molecule has 1 fully saturated rings. The Labute approximate surface area is 134 Å². The number of thioether (sulfide) groups is 1. The van der Waals surface area contributed by atoms with Gasteiger partial charge in [-0.2, -0.15) is 0 Å². The van der Waals surface area contributed by atoms with E-state index >= 15 is 0 Å². The van der Waals surface area contributed by atoms with Crippen LogP contribution in [0.4, 0.5) is 0 Å². The van der Waals surface area contributed by atoms with Crippen LogP contribution in [0.15, 0.2) is 33.8 Å². The molecule has 1 amide bonds. The van der Waals surface area contributed by atoms with E-state index in [2.05, 4.69) is 5.16 Å². The van der Waals surface area contributed by atoms with Gasteiger partial charge < -0.3 is 9.42 Å². The van der Waals surface area contributed by atoms with Crippen molar-refractivity contribution in [2.75, 3.05) is 12.3 Å². The van der Waals surface area contributed by atoms with Crippen LogP contribution in [-0.4, -0.2) is 28.3 Å². The number of aryl methyl sites for hydroxylation is 3. The minimum atomic E-state index is 0.0445. The maximum absolute atomic E-state index is 12.7. The molecular formula is C17H18N2O2S. The topological polar surface area (TPSA) is 46.3 Å². The number of amides is 1. The number of hydrogen-bond acceptors (Lipinski definition) is 4. The summed E-state index contributed by atoms with van der Waals surface area (Å²) in [5, 5.41) is 4.92. The molecule has 1 aliphatic rings. The van der Waals surface area contributed by atoms with Gasteiger partial charge in [-0.15, -0.1) is 11.8 Å². The molecule has 3 rings (SSSR count). The summed E-state index contributed by atoms with van der Waals surface area (Å²) in [6.07, 6.45) is 2.00. The van der Waals surface area contributed by atoms with E-state index in [9.17, 15) is 4.79 Å². The fourth-order valence-corrected chi connectivity index (χ4v) is 3.44. The maximum atomic E-state index is 12.7. The van der Waals surface area contributed by atoms with Crippen molar-refractivity contribution in [2.24, 2.45) is 0 Å². The fraction of sp³-hybridized carbons (Fsp3) is 0.294. The summed E-state index contributed by atoms with van der Waals surface area (Å²) in [6, 6.07) is 7.70. The second-order valence-electron chi connectivity index (χ2n) is 5.39. The van der Waals surface area contributed by atoms with Gasteiger partial charge in [0, 0.05) is 23.4 Å². The summed E-state index contributed by atoms with van der Waals surface area (Å²) in [4.78, 5) is 14.5. The third kappa shape index (κ3) is 2.81. The molecule has 114 valence electrons. The highest BCUT2D eigenvalue weighted by Crippen LogP contribution is 2.32. The molecule has 1 aromatic heterocycles. The van der Waals surface area contributed by atoms with Crippen molar-refractivity contribution in [3.8, 4) is 0 Å². The Hall–Kier alpha value is -2.01. The zero-order valence-electron chi connectivity index (χ0n) is 12.9.